The molecule has 0 aliphatic carbocycles. The van der Waals surface area contributed by atoms with Crippen molar-refractivity contribution in [3.05, 3.63) is 72.0 Å². The summed E-state index contributed by atoms with van der Waals surface area (Å²) >= 11 is 5.94. The first-order valence-electron chi connectivity index (χ1n) is 7.17. The van der Waals surface area contributed by atoms with Crippen molar-refractivity contribution in [3.63, 3.8) is 0 Å². The van der Waals surface area contributed by atoms with E-state index in [0.29, 0.717) is 16.7 Å². The Labute approximate surface area is 138 Å². The number of nitrogens with zero attached hydrogens (tertiary/aromatic N) is 3. The predicted octanol–water partition coefficient (Wildman–Crippen LogP) is 4.32. The third kappa shape index (κ3) is 2.53. The summed E-state index contributed by atoms with van der Waals surface area (Å²) in [4.78, 5) is 9.07. The fraction of sp³-hybridized carbons (Fsp3) is 0. The molecule has 0 bridgehead atoms. The fourth-order valence-electron chi connectivity index (χ4n) is 2.54. The highest BCUT2D eigenvalue weighted by atomic mass is 35.5. The predicted molar refractivity (Wildman–Crippen MR) is 93.7 cm³/mol. The number of hydrogen-bond acceptors (Lipinski definition) is 3. The molecule has 0 spiro atoms. The molecule has 0 atom stereocenters. The molecule has 2 aromatic carbocycles. The van der Waals surface area contributed by atoms with Crippen LogP contribution in [0.1, 0.15) is 0 Å². The quantitative estimate of drug-likeness (QED) is 0.598. The smallest absolute Gasteiger partial charge is 0.162 e. The third-order valence-electron chi connectivity index (χ3n) is 3.71. The van der Waals surface area contributed by atoms with Crippen molar-refractivity contribution >= 4 is 28.3 Å². The summed E-state index contributed by atoms with van der Waals surface area (Å²) in [5.41, 5.74) is 8.84. The van der Waals surface area contributed by atoms with Gasteiger partial charge in [-0.2, -0.15) is 0 Å². The van der Waals surface area contributed by atoms with Gasteiger partial charge in [0.05, 0.1) is 5.52 Å². The molecule has 0 fully saturated rings. The molecule has 23 heavy (non-hydrogen) atoms. The Bertz CT molecular complexity index is 976. The topological polar surface area (TPSA) is 56.7 Å². The third-order valence-corrected chi connectivity index (χ3v) is 3.97. The van der Waals surface area contributed by atoms with E-state index in [2.05, 4.69) is 9.97 Å². The molecule has 0 saturated heterocycles. The van der Waals surface area contributed by atoms with E-state index >= 15 is 0 Å². The lowest BCUT2D eigenvalue weighted by molar-refractivity contribution is 1.08. The van der Waals surface area contributed by atoms with Crippen molar-refractivity contribution in [2.45, 2.75) is 0 Å². The van der Waals surface area contributed by atoms with Crippen LogP contribution in [0.3, 0.4) is 0 Å². The number of hydrogen-bond donors (Lipinski definition) is 1. The minimum absolute atomic E-state index is 0.471. The van der Waals surface area contributed by atoms with E-state index in [9.17, 15) is 0 Å². The zero-order valence-electron chi connectivity index (χ0n) is 12.1. The summed E-state index contributed by atoms with van der Waals surface area (Å²) in [6.45, 7) is 0. The molecule has 4 nitrogen and oxygen atoms in total. The normalized spacial score (nSPS) is 11.0. The summed E-state index contributed by atoms with van der Waals surface area (Å²) in [6, 6.07) is 17.3. The molecule has 4 aromatic rings. The van der Waals surface area contributed by atoms with Crippen LogP contribution in [-0.2, 0) is 0 Å². The van der Waals surface area contributed by atoms with Crippen LogP contribution in [0.5, 0.6) is 0 Å². The van der Waals surface area contributed by atoms with Crippen LogP contribution in [0.25, 0.3) is 28.0 Å². The van der Waals surface area contributed by atoms with Gasteiger partial charge >= 0.3 is 0 Å². The molecule has 2 N–H and O–H groups in total. The Morgan fingerprint density at radius 3 is 2.39 bits per heavy atom. The van der Waals surface area contributed by atoms with Crippen LogP contribution in [0.15, 0.2) is 67.0 Å². The van der Waals surface area contributed by atoms with Crippen LogP contribution < -0.4 is 5.73 Å². The molecule has 2 aromatic heterocycles. The second kappa shape index (κ2) is 5.41. The van der Waals surface area contributed by atoms with Gasteiger partial charge in [0, 0.05) is 34.1 Å². The van der Waals surface area contributed by atoms with Gasteiger partial charge in [0.25, 0.3) is 0 Å². The monoisotopic (exact) mass is 320 g/mol. The second-order valence-corrected chi connectivity index (χ2v) is 5.67. The molecule has 112 valence electrons. The van der Waals surface area contributed by atoms with Gasteiger partial charge in [0.1, 0.15) is 5.82 Å². The van der Waals surface area contributed by atoms with Crippen LogP contribution in [0.2, 0.25) is 5.02 Å². The lowest BCUT2D eigenvalue weighted by atomic mass is 10.1. The van der Waals surface area contributed by atoms with Crippen LogP contribution in [0.4, 0.5) is 5.82 Å². The maximum atomic E-state index is 6.11. The first-order valence-corrected chi connectivity index (χ1v) is 7.55. The molecular formula is C18H13ClN4. The first kappa shape index (κ1) is 13.8. The van der Waals surface area contributed by atoms with E-state index in [1.807, 2.05) is 71.6 Å². The fourth-order valence-corrected chi connectivity index (χ4v) is 2.66. The molecule has 0 aliphatic heterocycles. The number of nitrogen functional groups attached to an aromatic ring is 1. The summed E-state index contributed by atoms with van der Waals surface area (Å²) in [5.74, 6) is 1.07. The van der Waals surface area contributed by atoms with Crippen molar-refractivity contribution in [3.8, 4) is 17.1 Å². The summed E-state index contributed by atoms with van der Waals surface area (Å²) in [6.07, 6.45) is 3.98. The highest BCUT2D eigenvalue weighted by Crippen LogP contribution is 2.25. The van der Waals surface area contributed by atoms with Crippen molar-refractivity contribution in [2.75, 3.05) is 5.73 Å². The molecular weight excluding hydrogens is 308 g/mol. The van der Waals surface area contributed by atoms with Crippen molar-refractivity contribution in [1.82, 2.24) is 14.5 Å². The number of aromatic nitrogens is 3. The lowest BCUT2D eigenvalue weighted by Crippen LogP contribution is -1.99. The summed E-state index contributed by atoms with van der Waals surface area (Å²) < 4.78 is 2.03. The highest BCUT2D eigenvalue weighted by molar-refractivity contribution is 6.30. The Morgan fingerprint density at radius 1 is 0.913 bits per heavy atom. The van der Waals surface area contributed by atoms with Gasteiger partial charge in [-0.05, 0) is 54.6 Å². The van der Waals surface area contributed by atoms with Crippen LogP contribution in [0, 0.1) is 0 Å². The SMILES string of the molecule is Nc1nc(-c2ccc(Cl)cc2)nc2cc(-n3cccc3)ccc12. The van der Waals surface area contributed by atoms with Crippen LogP contribution >= 0.6 is 11.6 Å². The summed E-state index contributed by atoms with van der Waals surface area (Å²) in [7, 11) is 0. The number of nitrogens with two attached hydrogens (primary N) is 1. The van der Waals surface area contributed by atoms with Gasteiger partial charge < -0.3 is 10.3 Å². The van der Waals surface area contributed by atoms with Crippen molar-refractivity contribution in [1.29, 1.82) is 0 Å². The molecule has 0 saturated carbocycles. The van der Waals surface area contributed by atoms with Gasteiger partial charge in [-0.25, -0.2) is 9.97 Å². The van der Waals surface area contributed by atoms with Gasteiger partial charge in [0.2, 0.25) is 0 Å². The molecule has 0 aliphatic rings. The number of benzene rings is 2. The zero-order chi connectivity index (χ0) is 15.8. The van der Waals surface area contributed by atoms with Gasteiger partial charge in [0.15, 0.2) is 5.82 Å². The maximum Gasteiger partial charge on any atom is 0.162 e. The number of anilines is 1. The van der Waals surface area contributed by atoms with E-state index in [4.69, 9.17) is 17.3 Å². The summed E-state index contributed by atoms with van der Waals surface area (Å²) in [5, 5.41) is 1.52. The average molecular weight is 321 g/mol. The van der Waals surface area contributed by atoms with E-state index in [-0.39, 0.29) is 0 Å². The van der Waals surface area contributed by atoms with Gasteiger partial charge in [-0.3, -0.25) is 0 Å². The zero-order valence-corrected chi connectivity index (χ0v) is 12.9. The van der Waals surface area contributed by atoms with Gasteiger partial charge in [-0.15, -0.1) is 0 Å². The molecule has 2 heterocycles. The molecule has 5 heteroatoms. The van der Waals surface area contributed by atoms with E-state index in [1.165, 1.54) is 0 Å². The Morgan fingerprint density at radius 2 is 1.65 bits per heavy atom. The van der Waals surface area contributed by atoms with Crippen molar-refractivity contribution in [2.24, 2.45) is 0 Å². The highest BCUT2D eigenvalue weighted by Gasteiger charge is 2.08. The lowest BCUT2D eigenvalue weighted by Gasteiger charge is -2.08. The molecule has 0 amide bonds. The Hall–Kier alpha value is -2.85. The number of fused-ring (bicyclic) bond motifs is 1. The minimum Gasteiger partial charge on any atom is -0.383 e. The van der Waals surface area contributed by atoms with E-state index in [0.717, 1.165) is 22.2 Å². The Kier molecular flexibility index (Phi) is 3.24. The van der Waals surface area contributed by atoms with E-state index in [1.54, 1.807) is 0 Å². The number of rotatable bonds is 2. The van der Waals surface area contributed by atoms with Crippen LogP contribution in [-0.4, -0.2) is 14.5 Å². The average Bonchev–Trinajstić information content (AvgIpc) is 3.09. The van der Waals surface area contributed by atoms with Crippen molar-refractivity contribution < 1.29 is 0 Å². The minimum atomic E-state index is 0.471. The molecule has 0 radical (unpaired) electrons. The maximum absolute atomic E-state index is 6.11. The Balaban J connectivity index is 1.89. The van der Waals surface area contributed by atoms with Gasteiger partial charge in [-0.1, -0.05) is 11.6 Å². The molecule has 0 unspecified atom stereocenters. The largest absolute Gasteiger partial charge is 0.383 e. The first-order chi connectivity index (χ1) is 11.2. The second-order valence-electron chi connectivity index (χ2n) is 5.23. The van der Waals surface area contributed by atoms with E-state index < -0.39 is 0 Å². The molecule has 4 rings (SSSR count). The number of halogens is 1. The standard InChI is InChI=1S/C18H13ClN4/c19-13-5-3-12(4-6-13)18-21-16-11-14(23-9-1-2-10-23)7-8-15(16)17(20)22-18/h1-11H,(H2,20,21,22).